The van der Waals surface area contributed by atoms with Gasteiger partial charge in [0, 0.05) is 23.3 Å². The van der Waals surface area contributed by atoms with Gasteiger partial charge in [-0.25, -0.2) is 9.37 Å². The summed E-state index contributed by atoms with van der Waals surface area (Å²) in [5, 5.41) is 0.764. The van der Waals surface area contributed by atoms with Crippen LogP contribution in [0.25, 0.3) is 22.2 Å². The van der Waals surface area contributed by atoms with Crippen LogP contribution in [0.1, 0.15) is 11.4 Å². The molecule has 94 valence electrons. The Bertz CT molecular complexity index is 768. The topological polar surface area (TPSA) is 38.7 Å². The molecule has 0 spiro atoms. The molecule has 0 aliphatic rings. The Morgan fingerprint density at radius 2 is 1.95 bits per heavy atom. The van der Waals surface area contributed by atoms with E-state index in [0.717, 1.165) is 22.3 Å². The summed E-state index contributed by atoms with van der Waals surface area (Å²) in [5.74, 6) is -0.293. The van der Waals surface area contributed by atoms with Crippen LogP contribution in [-0.4, -0.2) is 15.0 Å². The molecule has 0 fully saturated rings. The number of aryl methyl sites for hydroxylation is 2. The molecule has 0 unspecified atom stereocenters. The van der Waals surface area contributed by atoms with Gasteiger partial charge in [-0.15, -0.1) is 0 Å². The van der Waals surface area contributed by atoms with Crippen LogP contribution in [0.3, 0.4) is 0 Å². The standard InChI is InChI=1S/C15H12FN3/c1-9-8-18-10(2)14(19-9)13-7-12(16)6-11-4-3-5-17-15(11)13/h3-8H,1-2H3. The maximum atomic E-state index is 13.7. The van der Waals surface area contributed by atoms with Crippen LogP contribution in [0.4, 0.5) is 4.39 Å². The molecule has 19 heavy (non-hydrogen) atoms. The maximum Gasteiger partial charge on any atom is 0.124 e. The average molecular weight is 253 g/mol. The highest BCUT2D eigenvalue weighted by Gasteiger charge is 2.12. The minimum atomic E-state index is -0.293. The van der Waals surface area contributed by atoms with Gasteiger partial charge in [-0.2, -0.15) is 0 Å². The summed E-state index contributed by atoms with van der Waals surface area (Å²) >= 11 is 0. The highest BCUT2D eigenvalue weighted by Crippen LogP contribution is 2.28. The number of hydrogen-bond acceptors (Lipinski definition) is 3. The minimum Gasteiger partial charge on any atom is -0.257 e. The maximum absolute atomic E-state index is 13.7. The largest absolute Gasteiger partial charge is 0.257 e. The van der Waals surface area contributed by atoms with Gasteiger partial charge in [-0.1, -0.05) is 6.07 Å². The Morgan fingerprint density at radius 3 is 2.79 bits per heavy atom. The SMILES string of the molecule is Cc1cnc(C)c(-c2cc(F)cc3cccnc23)n1. The van der Waals surface area contributed by atoms with E-state index in [1.165, 1.54) is 12.1 Å². The number of hydrogen-bond donors (Lipinski definition) is 0. The molecule has 0 aliphatic carbocycles. The molecule has 0 atom stereocenters. The van der Waals surface area contributed by atoms with Crippen molar-refractivity contribution in [2.24, 2.45) is 0 Å². The fourth-order valence-corrected chi connectivity index (χ4v) is 2.13. The molecule has 1 aromatic carbocycles. The lowest BCUT2D eigenvalue weighted by atomic mass is 10.0. The molecular weight excluding hydrogens is 241 g/mol. The van der Waals surface area contributed by atoms with E-state index >= 15 is 0 Å². The molecule has 4 heteroatoms. The third-order valence-electron chi connectivity index (χ3n) is 3.00. The van der Waals surface area contributed by atoms with Gasteiger partial charge in [-0.05, 0) is 32.0 Å². The summed E-state index contributed by atoms with van der Waals surface area (Å²) in [6.07, 6.45) is 3.40. The van der Waals surface area contributed by atoms with E-state index in [-0.39, 0.29) is 5.82 Å². The Labute approximate surface area is 110 Å². The number of benzene rings is 1. The summed E-state index contributed by atoms with van der Waals surface area (Å²) in [6, 6.07) is 6.57. The molecule has 2 aromatic heterocycles. The number of aromatic nitrogens is 3. The zero-order valence-electron chi connectivity index (χ0n) is 10.7. The molecule has 0 aliphatic heterocycles. The summed E-state index contributed by atoms with van der Waals surface area (Å²) < 4.78 is 13.7. The smallest absolute Gasteiger partial charge is 0.124 e. The Kier molecular flexibility index (Phi) is 2.71. The van der Waals surface area contributed by atoms with Crippen molar-refractivity contribution in [1.29, 1.82) is 0 Å². The van der Waals surface area contributed by atoms with Gasteiger partial charge in [0.05, 0.1) is 22.6 Å². The van der Waals surface area contributed by atoms with E-state index in [4.69, 9.17) is 0 Å². The van der Waals surface area contributed by atoms with Crippen molar-refractivity contribution in [3.8, 4) is 11.3 Å². The molecule has 0 saturated carbocycles. The van der Waals surface area contributed by atoms with Crippen LogP contribution in [0, 0.1) is 19.7 Å². The summed E-state index contributed by atoms with van der Waals surface area (Å²) in [7, 11) is 0. The second kappa shape index (κ2) is 4.39. The van der Waals surface area contributed by atoms with Crippen molar-refractivity contribution < 1.29 is 4.39 Å². The first-order valence-corrected chi connectivity index (χ1v) is 6.00. The predicted octanol–water partition coefficient (Wildman–Crippen LogP) is 3.45. The summed E-state index contributed by atoms with van der Waals surface area (Å²) in [5.41, 5.74) is 3.68. The highest BCUT2D eigenvalue weighted by molar-refractivity contribution is 5.93. The lowest BCUT2D eigenvalue weighted by Crippen LogP contribution is -1.96. The molecule has 3 rings (SSSR count). The number of halogens is 1. The third-order valence-corrected chi connectivity index (χ3v) is 3.00. The first kappa shape index (κ1) is 11.7. The quantitative estimate of drug-likeness (QED) is 0.666. The third kappa shape index (κ3) is 2.05. The van der Waals surface area contributed by atoms with E-state index in [9.17, 15) is 4.39 Å². The number of rotatable bonds is 1. The van der Waals surface area contributed by atoms with Gasteiger partial charge in [0.1, 0.15) is 5.82 Å². The molecule has 0 saturated heterocycles. The normalized spacial score (nSPS) is 10.9. The minimum absolute atomic E-state index is 0.293. The molecule has 0 amide bonds. The van der Waals surface area contributed by atoms with Crippen LogP contribution in [0.2, 0.25) is 0 Å². The van der Waals surface area contributed by atoms with Crippen molar-refractivity contribution >= 4 is 10.9 Å². The average Bonchev–Trinajstić information content (AvgIpc) is 2.40. The molecule has 3 nitrogen and oxygen atoms in total. The van der Waals surface area contributed by atoms with E-state index in [1.807, 2.05) is 19.9 Å². The number of fused-ring (bicyclic) bond motifs is 1. The van der Waals surface area contributed by atoms with Crippen LogP contribution in [0.15, 0.2) is 36.7 Å². The second-order valence-electron chi connectivity index (χ2n) is 4.47. The lowest BCUT2D eigenvalue weighted by molar-refractivity contribution is 0.630. The monoisotopic (exact) mass is 253 g/mol. The first-order chi connectivity index (χ1) is 9.15. The van der Waals surface area contributed by atoms with Gasteiger partial charge >= 0.3 is 0 Å². The Hall–Kier alpha value is -2.36. The van der Waals surface area contributed by atoms with Gasteiger partial charge < -0.3 is 0 Å². The van der Waals surface area contributed by atoms with E-state index in [0.29, 0.717) is 11.3 Å². The fraction of sp³-hybridized carbons (Fsp3) is 0.133. The summed E-state index contributed by atoms with van der Waals surface area (Å²) in [6.45, 7) is 3.73. The number of pyridine rings is 1. The predicted molar refractivity (Wildman–Crippen MR) is 72.2 cm³/mol. The lowest BCUT2D eigenvalue weighted by Gasteiger charge is -2.08. The molecule has 0 N–H and O–H groups in total. The Balaban J connectivity index is 2.38. The van der Waals surface area contributed by atoms with Crippen molar-refractivity contribution in [1.82, 2.24) is 15.0 Å². The molecule has 2 heterocycles. The fourth-order valence-electron chi connectivity index (χ4n) is 2.13. The first-order valence-electron chi connectivity index (χ1n) is 6.00. The van der Waals surface area contributed by atoms with E-state index < -0.39 is 0 Å². The Morgan fingerprint density at radius 1 is 1.11 bits per heavy atom. The van der Waals surface area contributed by atoms with Gasteiger partial charge in [0.2, 0.25) is 0 Å². The van der Waals surface area contributed by atoms with Crippen LogP contribution >= 0.6 is 0 Å². The molecule has 3 aromatic rings. The van der Waals surface area contributed by atoms with Crippen LogP contribution < -0.4 is 0 Å². The second-order valence-corrected chi connectivity index (χ2v) is 4.47. The number of nitrogens with zero attached hydrogens (tertiary/aromatic N) is 3. The highest BCUT2D eigenvalue weighted by atomic mass is 19.1. The van der Waals surface area contributed by atoms with E-state index in [1.54, 1.807) is 18.5 Å². The summed E-state index contributed by atoms with van der Waals surface area (Å²) in [4.78, 5) is 13.1. The van der Waals surface area contributed by atoms with Gasteiger partial charge in [0.25, 0.3) is 0 Å². The van der Waals surface area contributed by atoms with Crippen LogP contribution in [-0.2, 0) is 0 Å². The zero-order chi connectivity index (χ0) is 13.4. The molecule has 0 radical (unpaired) electrons. The van der Waals surface area contributed by atoms with Crippen molar-refractivity contribution in [3.63, 3.8) is 0 Å². The zero-order valence-corrected chi connectivity index (χ0v) is 10.7. The molecular formula is C15H12FN3. The van der Waals surface area contributed by atoms with Gasteiger partial charge in [0.15, 0.2) is 0 Å². The van der Waals surface area contributed by atoms with Crippen molar-refractivity contribution in [2.45, 2.75) is 13.8 Å². The van der Waals surface area contributed by atoms with E-state index in [2.05, 4.69) is 15.0 Å². The van der Waals surface area contributed by atoms with Crippen molar-refractivity contribution in [2.75, 3.05) is 0 Å². The van der Waals surface area contributed by atoms with Gasteiger partial charge in [-0.3, -0.25) is 9.97 Å². The van der Waals surface area contributed by atoms with Crippen LogP contribution in [0.5, 0.6) is 0 Å². The van der Waals surface area contributed by atoms with Crippen molar-refractivity contribution in [3.05, 3.63) is 53.9 Å². The molecule has 0 bridgehead atoms.